The van der Waals surface area contributed by atoms with Crippen molar-refractivity contribution in [2.24, 2.45) is 0 Å². The van der Waals surface area contributed by atoms with Gasteiger partial charge >= 0.3 is 0 Å². The molecule has 0 heterocycles. The fourth-order valence-corrected chi connectivity index (χ4v) is 6.36. The summed E-state index contributed by atoms with van der Waals surface area (Å²) in [7, 11) is -3.34. The highest BCUT2D eigenvalue weighted by Gasteiger charge is 2.16. The maximum atomic E-state index is 12.0. The minimum absolute atomic E-state index is 0.155. The lowest BCUT2D eigenvalue weighted by Crippen LogP contribution is -2.47. The average Bonchev–Trinajstić information content (AvgIpc) is 2.96. The molecule has 0 radical (unpaired) electrons. The van der Waals surface area contributed by atoms with Crippen LogP contribution in [0.5, 0.6) is 0 Å². The number of rotatable bonds is 30. The van der Waals surface area contributed by atoms with Gasteiger partial charge in [0.2, 0.25) is 0 Å². The van der Waals surface area contributed by atoms with Crippen molar-refractivity contribution in [3.05, 3.63) is 0 Å². The van der Waals surface area contributed by atoms with Crippen LogP contribution in [0.25, 0.3) is 0 Å². The molecule has 0 spiro atoms. The van der Waals surface area contributed by atoms with Crippen molar-refractivity contribution in [3.8, 4) is 0 Å². The number of nitrogens with zero attached hydrogens (tertiary/aromatic N) is 1. The second-order valence-corrected chi connectivity index (χ2v) is 13.6. The van der Waals surface area contributed by atoms with Crippen LogP contribution in [-0.2, 0) is 14.3 Å². The van der Waals surface area contributed by atoms with Crippen LogP contribution in [0.1, 0.15) is 176 Å². The first-order chi connectivity index (χ1) is 19.4. The summed E-state index contributed by atoms with van der Waals surface area (Å²) in [4.78, 5) is 0. The molecule has 0 unspecified atom stereocenters. The normalized spacial score (nSPS) is 11.9. The van der Waals surface area contributed by atoms with E-state index in [2.05, 4.69) is 34.6 Å². The van der Waals surface area contributed by atoms with E-state index in [1.807, 2.05) is 0 Å². The van der Waals surface area contributed by atoms with Crippen molar-refractivity contribution < 1.29 is 21.5 Å². The van der Waals surface area contributed by atoms with E-state index in [1.165, 1.54) is 114 Å². The van der Waals surface area contributed by atoms with Crippen LogP contribution in [0.2, 0.25) is 0 Å². The number of alkyl halides is 1. The molecule has 0 rings (SSSR count). The van der Waals surface area contributed by atoms with Gasteiger partial charge in [0, 0.05) is 0 Å². The Kier molecular flexibility index (Phi) is 33.3. The van der Waals surface area contributed by atoms with Gasteiger partial charge in [0.05, 0.1) is 45.2 Å². The second-order valence-electron chi connectivity index (χ2n) is 11.8. The van der Waals surface area contributed by atoms with Gasteiger partial charge in [-0.1, -0.05) is 129 Å². The molecule has 0 N–H and O–H groups in total. The van der Waals surface area contributed by atoms with Crippen LogP contribution in [0.15, 0.2) is 0 Å². The number of quaternary nitrogens is 1. The van der Waals surface area contributed by atoms with Crippen LogP contribution >= 0.6 is 0 Å². The summed E-state index contributed by atoms with van der Waals surface area (Å²) in [5.41, 5.74) is 0. The van der Waals surface area contributed by atoms with Gasteiger partial charge in [0.15, 0.2) is 0 Å². The Morgan fingerprint density at radius 3 is 1.12 bits per heavy atom. The predicted octanol–water partition coefficient (Wildman–Crippen LogP) is 10.8. The van der Waals surface area contributed by atoms with E-state index < -0.39 is 10.1 Å². The van der Waals surface area contributed by atoms with Gasteiger partial charge in [0.25, 0.3) is 10.1 Å². The molecule has 4 nitrogen and oxygen atoms in total. The van der Waals surface area contributed by atoms with Gasteiger partial charge in [0.1, 0.15) is 0 Å². The molecule has 0 saturated heterocycles. The minimum atomic E-state index is -3.34. The molecule has 0 aromatic carbocycles. The van der Waals surface area contributed by atoms with Gasteiger partial charge in [-0.05, 0) is 47.0 Å². The van der Waals surface area contributed by atoms with Crippen LogP contribution in [-0.4, -0.2) is 58.1 Å². The molecule has 0 aliphatic rings. The third-order valence-electron chi connectivity index (χ3n) is 8.72. The van der Waals surface area contributed by atoms with E-state index in [1.54, 1.807) is 0 Å². The molecule has 6 heteroatoms. The summed E-state index contributed by atoms with van der Waals surface area (Å²) in [5.74, 6) is 0.155. The zero-order valence-electron chi connectivity index (χ0n) is 28.0. The molecular formula is C34H73FNO3S+. The SMILES string of the molecule is CCCCCCCCCCCCCCCOS(=O)(=O)CCCCCCCCCCCF.CC[N+](CC)(CC)CC. The Morgan fingerprint density at radius 2 is 0.800 bits per heavy atom. The molecule has 0 aliphatic heterocycles. The molecule has 0 aromatic rings. The molecule has 0 amide bonds. The van der Waals surface area contributed by atoms with Crippen LogP contribution in [0, 0.1) is 0 Å². The van der Waals surface area contributed by atoms with Crippen LogP contribution < -0.4 is 0 Å². The fraction of sp³-hybridized carbons (Fsp3) is 1.00. The van der Waals surface area contributed by atoms with Gasteiger partial charge in [-0.3, -0.25) is 8.57 Å². The fourth-order valence-electron chi connectivity index (χ4n) is 5.32. The number of unbranched alkanes of at least 4 members (excludes halogenated alkanes) is 20. The van der Waals surface area contributed by atoms with Crippen LogP contribution in [0.3, 0.4) is 0 Å². The topological polar surface area (TPSA) is 43.4 Å². The molecule has 0 aromatic heterocycles. The Hall–Kier alpha value is -0.200. The zero-order chi connectivity index (χ0) is 30.2. The molecule has 0 saturated carbocycles. The summed E-state index contributed by atoms with van der Waals surface area (Å²) in [5, 5.41) is 0. The van der Waals surface area contributed by atoms with Gasteiger partial charge in [-0.25, -0.2) is 0 Å². The van der Waals surface area contributed by atoms with Crippen molar-refractivity contribution in [3.63, 3.8) is 0 Å². The maximum absolute atomic E-state index is 12.0. The Morgan fingerprint density at radius 1 is 0.475 bits per heavy atom. The first kappa shape index (κ1) is 41.9. The van der Waals surface area contributed by atoms with Gasteiger partial charge in [-0.15, -0.1) is 0 Å². The molecule has 0 fully saturated rings. The lowest BCUT2D eigenvalue weighted by Gasteiger charge is -2.34. The number of halogens is 1. The van der Waals surface area contributed by atoms with Gasteiger partial charge in [-0.2, -0.15) is 8.42 Å². The minimum Gasteiger partial charge on any atom is -0.325 e. The highest BCUT2D eigenvalue weighted by molar-refractivity contribution is 7.86. The Labute approximate surface area is 252 Å². The third kappa shape index (κ3) is 29.3. The van der Waals surface area contributed by atoms with E-state index in [9.17, 15) is 12.8 Å². The molecule has 0 aliphatic carbocycles. The summed E-state index contributed by atoms with van der Waals surface area (Å²) >= 11 is 0. The monoisotopic (exact) mass is 595 g/mol. The van der Waals surface area contributed by atoms with E-state index in [0.717, 1.165) is 44.9 Å². The summed E-state index contributed by atoms with van der Waals surface area (Å²) in [6.07, 6.45) is 25.7. The second kappa shape index (κ2) is 31.7. The van der Waals surface area contributed by atoms with Crippen molar-refractivity contribution in [2.45, 2.75) is 176 Å². The molecule has 40 heavy (non-hydrogen) atoms. The number of hydrogen-bond acceptors (Lipinski definition) is 3. The highest BCUT2D eigenvalue weighted by atomic mass is 32.2. The van der Waals surface area contributed by atoms with Gasteiger partial charge < -0.3 is 4.48 Å². The van der Waals surface area contributed by atoms with Crippen molar-refractivity contribution in [1.82, 2.24) is 0 Å². The molecular weight excluding hydrogens is 521 g/mol. The standard InChI is InChI=1S/C26H53FO3S.C8H20N/c1-2-3-4-5-6-7-8-9-10-13-16-19-22-25-30-31(28,29)26-23-20-17-14-11-12-15-18-21-24-27;1-5-9(6-2,7-3)8-4/h2-26H2,1H3;5-8H2,1-4H3/q;+1. The lowest BCUT2D eigenvalue weighted by molar-refractivity contribution is -0.921. The van der Waals surface area contributed by atoms with Crippen LogP contribution in [0.4, 0.5) is 4.39 Å². The first-order valence-electron chi connectivity index (χ1n) is 17.6. The Bertz CT molecular complexity index is 564. The largest absolute Gasteiger partial charge is 0.325 e. The van der Waals surface area contributed by atoms with Crippen molar-refractivity contribution in [2.75, 3.05) is 45.2 Å². The zero-order valence-corrected chi connectivity index (χ0v) is 28.8. The Balaban J connectivity index is 0. The van der Waals surface area contributed by atoms with E-state index in [4.69, 9.17) is 4.18 Å². The molecule has 0 bridgehead atoms. The summed E-state index contributed by atoms with van der Waals surface area (Å²) < 4.78 is 42.3. The molecule has 244 valence electrons. The van der Waals surface area contributed by atoms with Crippen molar-refractivity contribution >= 4 is 10.1 Å². The smallest absolute Gasteiger partial charge is 0.267 e. The summed E-state index contributed by atoms with van der Waals surface area (Å²) in [6.45, 7) is 16.6. The van der Waals surface area contributed by atoms with E-state index in [0.29, 0.717) is 19.4 Å². The maximum Gasteiger partial charge on any atom is 0.267 e. The van der Waals surface area contributed by atoms with E-state index >= 15 is 0 Å². The summed E-state index contributed by atoms with van der Waals surface area (Å²) in [6, 6.07) is 0. The average molecular weight is 595 g/mol. The highest BCUT2D eigenvalue weighted by Crippen LogP contribution is 2.14. The lowest BCUT2D eigenvalue weighted by atomic mass is 10.0. The van der Waals surface area contributed by atoms with Crippen molar-refractivity contribution in [1.29, 1.82) is 0 Å². The number of hydrogen-bond donors (Lipinski definition) is 0. The third-order valence-corrected chi connectivity index (χ3v) is 10.0. The first-order valence-corrected chi connectivity index (χ1v) is 19.2. The van der Waals surface area contributed by atoms with E-state index in [-0.39, 0.29) is 12.4 Å². The molecule has 0 atom stereocenters. The quantitative estimate of drug-likeness (QED) is 0.0472. The predicted molar refractivity (Wildman–Crippen MR) is 175 cm³/mol.